The smallest absolute Gasteiger partial charge is 0.185 e. The first-order valence-electron chi connectivity index (χ1n) is 7.68. The first-order valence-corrected chi connectivity index (χ1v) is 8.50. The van der Waals surface area contributed by atoms with Gasteiger partial charge in [-0.1, -0.05) is 39.0 Å². The van der Waals surface area contributed by atoms with Crippen LogP contribution in [-0.4, -0.2) is 23.2 Å². The highest BCUT2D eigenvalue weighted by atomic mass is 32.1. The minimum atomic E-state index is -0.318. The molecule has 0 aromatic carbocycles. The molecule has 1 aliphatic heterocycles. The van der Waals surface area contributed by atoms with Crippen molar-refractivity contribution in [3.05, 3.63) is 10.6 Å². The Labute approximate surface area is 126 Å². The van der Waals surface area contributed by atoms with Gasteiger partial charge in [-0.3, -0.25) is 0 Å². The Balaban J connectivity index is 1.81. The van der Waals surface area contributed by atoms with Crippen molar-refractivity contribution in [2.75, 3.05) is 18.0 Å². The summed E-state index contributed by atoms with van der Waals surface area (Å²) in [5.41, 5.74) is 1.77. The maximum atomic E-state index is 10.3. The van der Waals surface area contributed by atoms with Crippen LogP contribution in [0.25, 0.3) is 0 Å². The Morgan fingerprint density at radius 1 is 1.15 bits per heavy atom. The highest BCUT2D eigenvalue weighted by Gasteiger charge is 2.35. The van der Waals surface area contributed by atoms with Gasteiger partial charge in [-0.25, -0.2) is 4.98 Å². The van der Waals surface area contributed by atoms with Gasteiger partial charge < -0.3 is 10.0 Å². The monoisotopic (exact) mass is 294 g/mol. The second-order valence-corrected chi connectivity index (χ2v) is 9.03. The molecule has 1 fully saturated rings. The lowest BCUT2D eigenvalue weighted by molar-refractivity contribution is 0.102. The Hall–Kier alpha value is -0.610. The number of hydrogen-bond donors (Lipinski definition) is 1. The Bertz CT molecular complexity index is 497. The van der Waals surface area contributed by atoms with Gasteiger partial charge in [0, 0.05) is 13.1 Å². The van der Waals surface area contributed by atoms with Gasteiger partial charge in [-0.15, -0.1) is 0 Å². The molecule has 0 saturated carbocycles. The summed E-state index contributed by atoms with van der Waals surface area (Å²) in [6.45, 7) is 11.3. The molecule has 0 radical (unpaired) electrons. The largest absolute Gasteiger partial charge is 0.387 e. The molecule has 0 amide bonds. The number of nitrogens with zero attached hydrogens (tertiary/aromatic N) is 2. The summed E-state index contributed by atoms with van der Waals surface area (Å²) in [5.74, 6) is 0. The summed E-state index contributed by atoms with van der Waals surface area (Å²) in [4.78, 5) is 8.38. The van der Waals surface area contributed by atoms with Crippen LogP contribution in [0.4, 0.5) is 5.13 Å². The molecule has 1 unspecified atom stereocenters. The zero-order chi connectivity index (χ0) is 14.5. The van der Waals surface area contributed by atoms with Gasteiger partial charge in [0.2, 0.25) is 0 Å². The topological polar surface area (TPSA) is 36.4 Å². The van der Waals surface area contributed by atoms with Crippen molar-refractivity contribution in [3.63, 3.8) is 0 Å². The number of fused-ring (bicyclic) bond motifs is 1. The molecule has 3 rings (SSSR count). The van der Waals surface area contributed by atoms with E-state index >= 15 is 0 Å². The molecule has 1 aliphatic carbocycles. The number of piperidine rings is 1. The minimum Gasteiger partial charge on any atom is -0.387 e. The SMILES string of the molecule is CC1(C)CCN(c2nc3c(s2)C(O)CC(C)(C)C3)CC1. The highest BCUT2D eigenvalue weighted by molar-refractivity contribution is 7.15. The van der Waals surface area contributed by atoms with Crippen LogP contribution in [0.15, 0.2) is 0 Å². The van der Waals surface area contributed by atoms with Gasteiger partial charge >= 0.3 is 0 Å². The van der Waals surface area contributed by atoms with E-state index in [1.165, 1.54) is 12.8 Å². The van der Waals surface area contributed by atoms with Gasteiger partial charge in [-0.05, 0) is 36.5 Å². The van der Waals surface area contributed by atoms with Crippen LogP contribution >= 0.6 is 11.3 Å². The average molecular weight is 294 g/mol. The van der Waals surface area contributed by atoms with Gasteiger partial charge in [0.05, 0.1) is 16.7 Å². The maximum Gasteiger partial charge on any atom is 0.185 e. The molecule has 4 heteroatoms. The molecule has 3 nitrogen and oxygen atoms in total. The average Bonchev–Trinajstić information content (AvgIpc) is 2.71. The lowest BCUT2D eigenvalue weighted by atomic mass is 9.77. The zero-order valence-electron chi connectivity index (χ0n) is 13.1. The van der Waals surface area contributed by atoms with Gasteiger partial charge in [0.25, 0.3) is 0 Å². The van der Waals surface area contributed by atoms with E-state index in [9.17, 15) is 5.11 Å². The molecule has 0 bridgehead atoms. The summed E-state index contributed by atoms with van der Waals surface area (Å²) in [6.07, 6.45) is 3.99. The number of rotatable bonds is 1. The molecule has 1 aromatic rings. The number of hydrogen-bond acceptors (Lipinski definition) is 4. The van der Waals surface area contributed by atoms with Crippen LogP contribution in [0.1, 0.15) is 63.6 Å². The number of aliphatic hydroxyl groups is 1. The van der Waals surface area contributed by atoms with Crippen LogP contribution < -0.4 is 4.90 Å². The van der Waals surface area contributed by atoms with Gasteiger partial charge in [0.1, 0.15) is 0 Å². The summed E-state index contributed by atoms with van der Waals surface area (Å²) < 4.78 is 0. The third kappa shape index (κ3) is 2.73. The summed E-state index contributed by atoms with van der Waals surface area (Å²) in [6, 6.07) is 0. The van der Waals surface area contributed by atoms with Crippen LogP contribution in [0.2, 0.25) is 0 Å². The summed E-state index contributed by atoms with van der Waals surface area (Å²) >= 11 is 1.72. The fourth-order valence-electron chi connectivity index (χ4n) is 3.32. The standard InChI is InChI=1S/C16H26N2OS/c1-15(2)5-7-18(8-6-15)14-17-11-9-16(3,4)10-12(19)13(11)20-14/h12,19H,5-10H2,1-4H3. The number of thiazole rings is 1. The Kier molecular flexibility index (Phi) is 3.37. The second-order valence-electron chi connectivity index (χ2n) is 8.02. The lowest BCUT2D eigenvalue weighted by Gasteiger charge is -2.36. The zero-order valence-corrected chi connectivity index (χ0v) is 13.9. The van der Waals surface area contributed by atoms with Crippen molar-refractivity contribution in [2.24, 2.45) is 10.8 Å². The van der Waals surface area contributed by atoms with Crippen molar-refractivity contribution in [3.8, 4) is 0 Å². The molecule has 1 aromatic heterocycles. The fraction of sp³-hybridized carbons (Fsp3) is 0.812. The predicted molar refractivity (Wildman–Crippen MR) is 84.4 cm³/mol. The first kappa shape index (κ1) is 14.3. The maximum absolute atomic E-state index is 10.3. The predicted octanol–water partition coefficient (Wildman–Crippen LogP) is 3.78. The molecule has 2 heterocycles. The molecule has 1 saturated heterocycles. The van der Waals surface area contributed by atoms with Gasteiger partial charge in [-0.2, -0.15) is 0 Å². The quantitative estimate of drug-likeness (QED) is 0.856. The van der Waals surface area contributed by atoms with E-state index in [0.29, 0.717) is 5.41 Å². The minimum absolute atomic E-state index is 0.168. The van der Waals surface area contributed by atoms with E-state index in [1.54, 1.807) is 11.3 Å². The molecule has 112 valence electrons. The molecular formula is C16H26N2OS. The van der Waals surface area contributed by atoms with Crippen molar-refractivity contribution in [1.82, 2.24) is 4.98 Å². The van der Waals surface area contributed by atoms with E-state index in [1.807, 2.05) is 0 Å². The summed E-state index contributed by atoms with van der Waals surface area (Å²) in [7, 11) is 0. The lowest BCUT2D eigenvalue weighted by Crippen LogP contribution is -2.37. The van der Waals surface area contributed by atoms with E-state index in [4.69, 9.17) is 4.98 Å². The molecular weight excluding hydrogens is 268 g/mol. The van der Waals surface area contributed by atoms with Crippen molar-refractivity contribution in [2.45, 2.75) is 59.5 Å². The number of anilines is 1. The Morgan fingerprint density at radius 2 is 1.80 bits per heavy atom. The van der Waals surface area contributed by atoms with E-state index in [-0.39, 0.29) is 11.5 Å². The number of aliphatic hydroxyl groups excluding tert-OH is 1. The van der Waals surface area contributed by atoms with Crippen molar-refractivity contribution >= 4 is 16.5 Å². The molecule has 1 N–H and O–H groups in total. The van der Waals surface area contributed by atoms with Crippen molar-refractivity contribution in [1.29, 1.82) is 0 Å². The molecule has 2 aliphatic rings. The van der Waals surface area contributed by atoms with E-state index < -0.39 is 0 Å². The highest BCUT2D eigenvalue weighted by Crippen LogP contribution is 2.45. The summed E-state index contributed by atoms with van der Waals surface area (Å²) in [5, 5.41) is 11.5. The first-order chi connectivity index (χ1) is 9.26. The normalized spacial score (nSPS) is 28.2. The van der Waals surface area contributed by atoms with E-state index in [0.717, 1.165) is 41.6 Å². The van der Waals surface area contributed by atoms with E-state index in [2.05, 4.69) is 32.6 Å². The fourth-order valence-corrected chi connectivity index (χ4v) is 4.44. The van der Waals surface area contributed by atoms with Crippen LogP contribution in [-0.2, 0) is 6.42 Å². The molecule has 1 atom stereocenters. The van der Waals surface area contributed by atoms with Gasteiger partial charge in [0.15, 0.2) is 5.13 Å². The third-order valence-corrected chi connectivity index (χ3v) is 6.06. The molecule has 0 spiro atoms. The second kappa shape index (κ2) is 4.70. The Morgan fingerprint density at radius 3 is 2.45 bits per heavy atom. The number of aromatic nitrogens is 1. The van der Waals surface area contributed by atoms with Crippen LogP contribution in [0.5, 0.6) is 0 Å². The molecule has 20 heavy (non-hydrogen) atoms. The van der Waals surface area contributed by atoms with Crippen LogP contribution in [0.3, 0.4) is 0 Å². The van der Waals surface area contributed by atoms with Crippen LogP contribution in [0, 0.1) is 10.8 Å². The third-order valence-electron chi connectivity index (χ3n) is 4.80. The van der Waals surface area contributed by atoms with Crippen molar-refractivity contribution < 1.29 is 5.11 Å².